The van der Waals surface area contributed by atoms with E-state index in [-0.39, 0.29) is 17.9 Å². The molecule has 4 heteroatoms. The van der Waals surface area contributed by atoms with Crippen LogP contribution in [0.25, 0.3) is 0 Å². The zero-order valence-electron chi connectivity index (χ0n) is 10.8. The lowest BCUT2D eigenvalue weighted by molar-refractivity contribution is -0.133. The number of aryl methyl sites for hydroxylation is 1. The summed E-state index contributed by atoms with van der Waals surface area (Å²) in [5.74, 6) is -0.0180. The van der Waals surface area contributed by atoms with E-state index in [2.05, 4.69) is 5.32 Å². The lowest BCUT2D eigenvalue weighted by Crippen LogP contribution is -2.42. The first-order valence-electron chi connectivity index (χ1n) is 6.17. The summed E-state index contributed by atoms with van der Waals surface area (Å²) in [7, 11) is 1.69. The van der Waals surface area contributed by atoms with Crippen molar-refractivity contribution in [1.29, 1.82) is 0 Å². The molecular weight excluding hydrogens is 228 g/mol. The summed E-state index contributed by atoms with van der Waals surface area (Å²) in [6.07, 6.45) is 1.09. The van der Waals surface area contributed by atoms with E-state index >= 15 is 0 Å². The predicted molar refractivity (Wildman–Crippen MR) is 68.8 cm³/mol. The van der Waals surface area contributed by atoms with Gasteiger partial charge in [0.1, 0.15) is 6.04 Å². The van der Waals surface area contributed by atoms with Gasteiger partial charge in [-0.3, -0.25) is 9.59 Å². The van der Waals surface area contributed by atoms with E-state index in [0.29, 0.717) is 19.4 Å². The van der Waals surface area contributed by atoms with E-state index in [0.717, 1.165) is 5.56 Å². The van der Waals surface area contributed by atoms with Gasteiger partial charge in [-0.2, -0.15) is 0 Å². The van der Waals surface area contributed by atoms with Crippen LogP contribution in [0.1, 0.15) is 24.0 Å². The van der Waals surface area contributed by atoms with Crippen molar-refractivity contribution in [1.82, 2.24) is 10.2 Å². The summed E-state index contributed by atoms with van der Waals surface area (Å²) in [4.78, 5) is 24.8. The second kappa shape index (κ2) is 5.21. The van der Waals surface area contributed by atoms with Crippen molar-refractivity contribution in [3.05, 3.63) is 35.4 Å². The van der Waals surface area contributed by atoms with E-state index in [9.17, 15) is 9.59 Å². The number of likely N-dealkylation sites (N-methyl/N-ethyl adjacent to an activating group) is 1. The minimum atomic E-state index is -0.303. The molecule has 1 N–H and O–H groups in total. The first-order valence-corrected chi connectivity index (χ1v) is 6.17. The van der Waals surface area contributed by atoms with Crippen LogP contribution in [-0.2, 0) is 16.1 Å². The number of likely N-dealkylation sites (tertiary alicyclic amines) is 1. The Morgan fingerprint density at radius 3 is 2.89 bits per heavy atom. The number of carbonyl (C=O) groups excluding carboxylic acids is 2. The summed E-state index contributed by atoms with van der Waals surface area (Å²) in [6, 6.07) is 7.72. The molecule has 18 heavy (non-hydrogen) atoms. The van der Waals surface area contributed by atoms with Crippen LogP contribution in [0.15, 0.2) is 24.3 Å². The first kappa shape index (κ1) is 12.6. The van der Waals surface area contributed by atoms with E-state index in [1.54, 1.807) is 7.05 Å². The zero-order valence-corrected chi connectivity index (χ0v) is 10.8. The van der Waals surface area contributed by atoms with Crippen LogP contribution in [0.4, 0.5) is 0 Å². The third kappa shape index (κ3) is 2.70. The number of amides is 2. The molecule has 0 bridgehead atoms. The second-order valence-electron chi connectivity index (χ2n) is 4.77. The number of rotatable bonds is 3. The molecule has 2 amide bonds. The monoisotopic (exact) mass is 246 g/mol. The lowest BCUT2D eigenvalue weighted by Gasteiger charge is -2.19. The smallest absolute Gasteiger partial charge is 0.243 e. The van der Waals surface area contributed by atoms with Gasteiger partial charge in [0.05, 0.1) is 0 Å². The molecule has 1 unspecified atom stereocenters. The number of carbonyl (C=O) groups is 2. The van der Waals surface area contributed by atoms with Crippen LogP contribution in [0.2, 0.25) is 0 Å². The van der Waals surface area contributed by atoms with Gasteiger partial charge in [-0.15, -0.1) is 0 Å². The predicted octanol–water partition coefficient (Wildman–Crippen LogP) is 1.23. The third-order valence-corrected chi connectivity index (χ3v) is 3.34. The molecule has 1 aliphatic heterocycles. The molecule has 0 radical (unpaired) electrons. The Bertz CT molecular complexity index is 471. The normalized spacial score (nSPS) is 19.1. The number of nitrogens with one attached hydrogen (secondary N) is 1. The van der Waals surface area contributed by atoms with Crippen LogP contribution in [0.3, 0.4) is 0 Å². The fourth-order valence-corrected chi connectivity index (χ4v) is 2.24. The first-order chi connectivity index (χ1) is 8.58. The van der Waals surface area contributed by atoms with E-state index < -0.39 is 0 Å². The molecule has 0 aliphatic carbocycles. The van der Waals surface area contributed by atoms with Gasteiger partial charge in [0.2, 0.25) is 11.8 Å². The Labute approximate surface area is 107 Å². The molecular formula is C14H18N2O2. The molecule has 1 heterocycles. The fraction of sp³-hybridized carbons (Fsp3) is 0.429. The van der Waals surface area contributed by atoms with Crippen molar-refractivity contribution < 1.29 is 9.59 Å². The Hall–Kier alpha value is -1.84. The number of hydrogen-bond acceptors (Lipinski definition) is 2. The van der Waals surface area contributed by atoms with Crippen LogP contribution in [-0.4, -0.2) is 29.8 Å². The van der Waals surface area contributed by atoms with Gasteiger partial charge in [0.15, 0.2) is 0 Å². The maximum Gasteiger partial charge on any atom is 0.243 e. The van der Waals surface area contributed by atoms with Gasteiger partial charge in [0, 0.05) is 20.0 Å². The van der Waals surface area contributed by atoms with Crippen molar-refractivity contribution in [3.8, 4) is 0 Å². The highest BCUT2D eigenvalue weighted by Crippen LogP contribution is 2.16. The standard InChI is InChI=1S/C14H18N2O2/c1-10-4-3-5-11(8-10)9-15-14(18)12-6-7-13(17)16(12)2/h3-5,8,12H,6-7,9H2,1-2H3,(H,15,18). The molecule has 1 fully saturated rings. The average Bonchev–Trinajstić information content (AvgIpc) is 2.67. The topological polar surface area (TPSA) is 49.4 Å². The highest BCUT2D eigenvalue weighted by atomic mass is 16.2. The molecule has 0 spiro atoms. The van der Waals surface area contributed by atoms with E-state index in [1.165, 1.54) is 10.5 Å². The molecule has 2 rings (SSSR count). The lowest BCUT2D eigenvalue weighted by atomic mass is 10.1. The summed E-state index contributed by atoms with van der Waals surface area (Å²) >= 11 is 0. The molecule has 1 aliphatic rings. The summed E-state index contributed by atoms with van der Waals surface area (Å²) < 4.78 is 0. The number of nitrogens with zero attached hydrogens (tertiary/aromatic N) is 1. The highest BCUT2D eigenvalue weighted by Gasteiger charge is 2.32. The summed E-state index contributed by atoms with van der Waals surface area (Å²) in [6.45, 7) is 2.54. The van der Waals surface area contributed by atoms with E-state index in [1.807, 2.05) is 31.2 Å². The summed E-state index contributed by atoms with van der Waals surface area (Å²) in [5, 5.41) is 2.89. The maximum atomic E-state index is 12.0. The molecule has 1 aromatic rings. The van der Waals surface area contributed by atoms with Crippen LogP contribution in [0.5, 0.6) is 0 Å². The van der Waals surface area contributed by atoms with Gasteiger partial charge < -0.3 is 10.2 Å². The minimum absolute atomic E-state index is 0.0469. The molecule has 4 nitrogen and oxygen atoms in total. The third-order valence-electron chi connectivity index (χ3n) is 3.34. The number of benzene rings is 1. The van der Waals surface area contributed by atoms with Crippen molar-refractivity contribution in [2.75, 3.05) is 7.05 Å². The molecule has 96 valence electrons. The number of hydrogen-bond donors (Lipinski definition) is 1. The Balaban J connectivity index is 1.91. The molecule has 1 atom stereocenters. The second-order valence-corrected chi connectivity index (χ2v) is 4.77. The van der Waals surface area contributed by atoms with Crippen molar-refractivity contribution in [2.45, 2.75) is 32.4 Å². The van der Waals surface area contributed by atoms with Gasteiger partial charge >= 0.3 is 0 Å². The Kier molecular flexibility index (Phi) is 3.65. The Morgan fingerprint density at radius 2 is 2.28 bits per heavy atom. The molecule has 0 aromatic heterocycles. The van der Waals surface area contributed by atoms with Crippen molar-refractivity contribution >= 4 is 11.8 Å². The van der Waals surface area contributed by atoms with Crippen molar-refractivity contribution in [3.63, 3.8) is 0 Å². The van der Waals surface area contributed by atoms with E-state index in [4.69, 9.17) is 0 Å². The fourth-order valence-electron chi connectivity index (χ4n) is 2.24. The van der Waals surface area contributed by atoms with Crippen molar-refractivity contribution in [2.24, 2.45) is 0 Å². The largest absolute Gasteiger partial charge is 0.350 e. The van der Waals surface area contributed by atoms with Crippen LogP contribution >= 0.6 is 0 Å². The van der Waals surface area contributed by atoms with Gasteiger partial charge in [-0.1, -0.05) is 29.8 Å². The SMILES string of the molecule is Cc1cccc(CNC(=O)C2CCC(=O)N2C)c1. The van der Waals surface area contributed by atoms with Crippen LogP contribution < -0.4 is 5.32 Å². The highest BCUT2D eigenvalue weighted by molar-refractivity contribution is 5.90. The van der Waals surface area contributed by atoms with Gasteiger partial charge in [-0.25, -0.2) is 0 Å². The zero-order chi connectivity index (χ0) is 13.1. The van der Waals surface area contributed by atoms with Crippen LogP contribution in [0, 0.1) is 6.92 Å². The quantitative estimate of drug-likeness (QED) is 0.872. The summed E-state index contributed by atoms with van der Waals surface area (Å²) in [5.41, 5.74) is 2.25. The maximum absolute atomic E-state index is 12.0. The molecule has 1 aromatic carbocycles. The van der Waals surface area contributed by atoms with Gasteiger partial charge in [0.25, 0.3) is 0 Å². The Morgan fingerprint density at radius 1 is 1.50 bits per heavy atom. The molecule has 1 saturated heterocycles. The minimum Gasteiger partial charge on any atom is -0.350 e. The van der Waals surface area contributed by atoms with Gasteiger partial charge in [-0.05, 0) is 18.9 Å². The molecule has 0 saturated carbocycles. The average molecular weight is 246 g/mol.